The van der Waals surface area contributed by atoms with E-state index in [0.29, 0.717) is 6.54 Å². The highest BCUT2D eigenvalue weighted by atomic mass is 16.5. The zero-order valence-electron chi connectivity index (χ0n) is 17.5. The Labute approximate surface area is 178 Å². The first-order valence-electron chi connectivity index (χ1n) is 10.3. The van der Waals surface area contributed by atoms with Gasteiger partial charge in [-0.05, 0) is 48.4 Å². The SMILES string of the molecule is CCNC(=O)/C=C/c1cccnc1.COC(=O)C(c1ccccc1)N1CC2CC2C1. The van der Waals surface area contributed by atoms with Gasteiger partial charge in [0, 0.05) is 38.1 Å². The molecule has 1 N–H and O–H groups in total. The van der Waals surface area contributed by atoms with Gasteiger partial charge in [0.1, 0.15) is 6.04 Å². The average Bonchev–Trinajstić information content (AvgIpc) is 3.40. The van der Waals surface area contributed by atoms with Gasteiger partial charge >= 0.3 is 5.97 Å². The summed E-state index contributed by atoms with van der Waals surface area (Å²) in [5, 5.41) is 2.67. The Kier molecular flexibility index (Phi) is 7.74. The van der Waals surface area contributed by atoms with Crippen LogP contribution in [0.3, 0.4) is 0 Å². The average molecular weight is 408 g/mol. The van der Waals surface area contributed by atoms with Crippen LogP contribution in [-0.2, 0) is 14.3 Å². The Bertz CT molecular complexity index is 845. The molecule has 158 valence electrons. The molecule has 1 aromatic heterocycles. The van der Waals surface area contributed by atoms with Crippen molar-refractivity contribution in [1.29, 1.82) is 0 Å². The van der Waals surface area contributed by atoms with E-state index in [-0.39, 0.29) is 17.9 Å². The first kappa shape index (κ1) is 21.7. The lowest BCUT2D eigenvalue weighted by atomic mass is 10.1. The van der Waals surface area contributed by atoms with Gasteiger partial charge in [0.05, 0.1) is 7.11 Å². The van der Waals surface area contributed by atoms with Crippen LogP contribution in [0.2, 0.25) is 0 Å². The van der Waals surface area contributed by atoms with E-state index in [9.17, 15) is 9.59 Å². The Morgan fingerprint density at radius 1 is 1.20 bits per heavy atom. The number of pyridine rings is 1. The predicted octanol–water partition coefficient (Wildman–Crippen LogP) is 3.08. The molecule has 2 aromatic rings. The molecule has 3 unspecified atom stereocenters. The molecule has 1 saturated carbocycles. The number of piperidine rings is 1. The van der Waals surface area contributed by atoms with Crippen LogP contribution in [0.5, 0.6) is 0 Å². The second-order valence-corrected chi connectivity index (χ2v) is 7.56. The number of esters is 1. The van der Waals surface area contributed by atoms with Crippen molar-refractivity contribution in [1.82, 2.24) is 15.2 Å². The molecule has 4 rings (SSSR count). The minimum atomic E-state index is -0.214. The summed E-state index contributed by atoms with van der Waals surface area (Å²) in [6, 6.07) is 13.4. The zero-order chi connectivity index (χ0) is 21.3. The molecule has 1 aliphatic carbocycles. The highest BCUT2D eigenvalue weighted by molar-refractivity contribution is 5.91. The number of rotatable bonds is 6. The van der Waals surface area contributed by atoms with Crippen LogP contribution < -0.4 is 5.32 Å². The van der Waals surface area contributed by atoms with Crippen LogP contribution >= 0.6 is 0 Å². The van der Waals surface area contributed by atoms with Gasteiger partial charge in [-0.2, -0.15) is 0 Å². The standard InChI is InChI=1S/C14H17NO2.C10H12N2O/c1-17-14(16)13(10-5-3-2-4-6-10)15-8-11-7-12(11)9-15;1-2-12-10(13)6-5-9-4-3-7-11-8-9/h2-6,11-13H,7-9H2,1H3;3-8H,2H2,1H3,(H,12,13)/b;6-5+. The van der Waals surface area contributed by atoms with Gasteiger partial charge in [-0.25, -0.2) is 4.79 Å². The van der Waals surface area contributed by atoms with Crippen molar-refractivity contribution in [3.05, 3.63) is 72.1 Å². The molecule has 2 aliphatic rings. The maximum atomic E-state index is 12.0. The maximum Gasteiger partial charge on any atom is 0.327 e. The molecule has 2 heterocycles. The number of hydrogen-bond donors (Lipinski definition) is 1. The molecular formula is C24H29N3O3. The van der Waals surface area contributed by atoms with Crippen molar-refractivity contribution >= 4 is 18.0 Å². The topological polar surface area (TPSA) is 71.5 Å². The van der Waals surface area contributed by atoms with Crippen molar-refractivity contribution in [2.24, 2.45) is 11.8 Å². The smallest absolute Gasteiger partial charge is 0.327 e. The molecule has 1 aliphatic heterocycles. The molecule has 0 bridgehead atoms. The first-order valence-corrected chi connectivity index (χ1v) is 10.3. The molecule has 30 heavy (non-hydrogen) atoms. The van der Waals surface area contributed by atoms with Gasteiger partial charge in [0.2, 0.25) is 5.91 Å². The third-order valence-electron chi connectivity index (χ3n) is 5.37. The fourth-order valence-electron chi connectivity index (χ4n) is 3.77. The van der Waals surface area contributed by atoms with Crippen molar-refractivity contribution in [3.8, 4) is 0 Å². The summed E-state index contributed by atoms with van der Waals surface area (Å²) >= 11 is 0. The molecule has 6 nitrogen and oxygen atoms in total. The molecule has 1 amide bonds. The number of methoxy groups -OCH3 is 1. The second kappa shape index (κ2) is 10.7. The summed E-state index contributed by atoms with van der Waals surface area (Å²) in [6.45, 7) is 4.62. The van der Waals surface area contributed by atoms with E-state index < -0.39 is 0 Å². The number of aromatic nitrogens is 1. The molecule has 1 saturated heterocycles. The van der Waals surface area contributed by atoms with E-state index in [0.717, 1.165) is 36.1 Å². The number of likely N-dealkylation sites (tertiary alicyclic amines) is 1. The summed E-state index contributed by atoms with van der Waals surface area (Å²) in [6.07, 6.45) is 7.98. The van der Waals surface area contributed by atoms with Crippen LogP contribution in [0, 0.1) is 11.8 Å². The van der Waals surface area contributed by atoms with Crippen molar-refractivity contribution < 1.29 is 14.3 Å². The largest absolute Gasteiger partial charge is 0.468 e. The molecule has 0 radical (unpaired) electrons. The van der Waals surface area contributed by atoms with Crippen LogP contribution in [0.25, 0.3) is 6.08 Å². The fraction of sp³-hybridized carbons (Fsp3) is 0.375. The number of nitrogens with one attached hydrogen (secondary N) is 1. The number of ether oxygens (including phenoxy) is 1. The number of fused-ring (bicyclic) bond motifs is 1. The quantitative estimate of drug-likeness (QED) is 0.589. The molecule has 0 spiro atoms. The molecule has 3 atom stereocenters. The lowest BCUT2D eigenvalue weighted by Crippen LogP contribution is -2.34. The number of hydrogen-bond acceptors (Lipinski definition) is 5. The highest BCUT2D eigenvalue weighted by Crippen LogP contribution is 2.47. The lowest BCUT2D eigenvalue weighted by molar-refractivity contribution is -0.147. The minimum absolute atomic E-state index is 0.0775. The van der Waals surface area contributed by atoms with Crippen LogP contribution in [0.4, 0.5) is 0 Å². The Morgan fingerprint density at radius 2 is 1.93 bits per heavy atom. The number of amides is 1. The Balaban J connectivity index is 0.000000178. The van der Waals surface area contributed by atoms with Crippen molar-refractivity contribution in [2.45, 2.75) is 19.4 Å². The van der Waals surface area contributed by atoms with Gasteiger partial charge in [0.15, 0.2) is 0 Å². The van der Waals surface area contributed by atoms with Crippen LogP contribution in [-0.4, -0.2) is 48.5 Å². The zero-order valence-corrected chi connectivity index (χ0v) is 17.5. The van der Waals surface area contributed by atoms with Gasteiger partial charge < -0.3 is 10.1 Å². The minimum Gasteiger partial charge on any atom is -0.468 e. The Morgan fingerprint density at radius 3 is 2.53 bits per heavy atom. The van der Waals surface area contributed by atoms with E-state index in [1.54, 1.807) is 18.5 Å². The summed E-state index contributed by atoms with van der Waals surface area (Å²) < 4.78 is 4.95. The van der Waals surface area contributed by atoms with Gasteiger partial charge in [-0.1, -0.05) is 36.4 Å². The highest BCUT2D eigenvalue weighted by Gasteiger charge is 2.48. The molecule has 6 heteroatoms. The number of benzene rings is 1. The van der Waals surface area contributed by atoms with E-state index >= 15 is 0 Å². The fourth-order valence-corrected chi connectivity index (χ4v) is 3.77. The lowest BCUT2D eigenvalue weighted by Gasteiger charge is -2.27. The second-order valence-electron chi connectivity index (χ2n) is 7.56. The maximum absolute atomic E-state index is 12.0. The summed E-state index contributed by atoms with van der Waals surface area (Å²) in [5.74, 6) is 1.43. The van der Waals surface area contributed by atoms with E-state index in [1.165, 1.54) is 19.6 Å². The molecule has 2 fully saturated rings. The summed E-state index contributed by atoms with van der Waals surface area (Å²) in [7, 11) is 1.47. The van der Waals surface area contributed by atoms with Gasteiger partial charge in [-0.3, -0.25) is 14.7 Å². The number of carbonyl (C=O) groups excluding carboxylic acids is 2. The first-order chi connectivity index (χ1) is 14.6. The molecule has 1 aromatic carbocycles. The van der Waals surface area contributed by atoms with E-state index in [1.807, 2.05) is 49.4 Å². The van der Waals surface area contributed by atoms with E-state index in [4.69, 9.17) is 4.74 Å². The van der Waals surface area contributed by atoms with Crippen LogP contribution in [0.1, 0.15) is 30.5 Å². The van der Waals surface area contributed by atoms with Gasteiger partial charge in [-0.15, -0.1) is 0 Å². The number of nitrogens with zero attached hydrogens (tertiary/aromatic N) is 2. The summed E-state index contributed by atoms with van der Waals surface area (Å²) in [4.78, 5) is 29.1. The molecular weight excluding hydrogens is 378 g/mol. The monoisotopic (exact) mass is 407 g/mol. The van der Waals surface area contributed by atoms with Crippen molar-refractivity contribution in [2.75, 3.05) is 26.7 Å². The number of likely N-dealkylation sites (N-methyl/N-ethyl adjacent to an activating group) is 1. The third-order valence-corrected chi connectivity index (χ3v) is 5.37. The predicted molar refractivity (Wildman–Crippen MR) is 116 cm³/mol. The van der Waals surface area contributed by atoms with Gasteiger partial charge in [0.25, 0.3) is 0 Å². The Hall–Kier alpha value is -2.99. The third kappa shape index (κ3) is 6.00. The normalized spacial score (nSPS) is 20.6. The van der Waals surface area contributed by atoms with Crippen LogP contribution in [0.15, 0.2) is 60.9 Å². The van der Waals surface area contributed by atoms with E-state index in [2.05, 4.69) is 15.2 Å². The number of carbonyl (C=O) groups is 2. The van der Waals surface area contributed by atoms with Crippen molar-refractivity contribution in [3.63, 3.8) is 0 Å². The summed E-state index contributed by atoms with van der Waals surface area (Å²) in [5.41, 5.74) is 1.97.